The first kappa shape index (κ1) is 15.7. The zero-order chi connectivity index (χ0) is 15.3. The van der Waals surface area contributed by atoms with Crippen LogP contribution in [-0.4, -0.2) is 65.3 Å². The second-order valence-electron chi connectivity index (χ2n) is 8.58. The molecule has 3 fully saturated rings. The molecule has 0 bridgehead atoms. The molecule has 3 rings (SSSR count). The van der Waals surface area contributed by atoms with Crippen molar-refractivity contribution < 1.29 is 4.74 Å². The molecule has 0 aliphatic carbocycles. The highest BCUT2D eigenvalue weighted by Crippen LogP contribution is 2.42. The number of nitrogens with two attached hydrogens (primary N) is 1. The Balaban J connectivity index is 1.88. The van der Waals surface area contributed by atoms with Gasteiger partial charge in [0.15, 0.2) is 0 Å². The first-order valence-electron chi connectivity index (χ1n) is 8.67. The van der Waals surface area contributed by atoms with E-state index >= 15 is 0 Å². The van der Waals surface area contributed by atoms with Gasteiger partial charge >= 0.3 is 0 Å². The summed E-state index contributed by atoms with van der Waals surface area (Å²) in [6, 6.07) is 0.654. The topological polar surface area (TPSA) is 41.7 Å². The molecule has 2 atom stereocenters. The molecule has 3 aliphatic rings. The molecule has 4 nitrogen and oxygen atoms in total. The van der Waals surface area contributed by atoms with Gasteiger partial charge < -0.3 is 10.5 Å². The average molecular weight is 295 g/mol. The average Bonchev–Trinajstić information content (AvgIpc) is 2.75. The summed E-state index contributed by atoms with van der Waals surface area (Å²) in [5.74, 6) is 0. The van der Waals surface area contributed by atoms with Gasteiger partial charge in [-0.2, -0.15) is 0 Å². The third kappa shape index (κ3) is 2.76. The fraction of sp³-hybridized carbons (Fsp3) is 1.00. The SMILES string of the molecule is CC1(C)CN(C2(CN)CCN3CCCCC32)CC(C)(C)O1. The zero-order valence-corrected chi connectivity index (χ0v) is 14.3. The smallest absolute Gasteiger partial charge is 0.0761 e. The Bertz CT molecular complexity index is 379. The van der Waals surface area contributed by atoms with Crippen LogP contribution in [-0.2, 0) is 4.74 Å². The van der Waals surface area contributed by atoms with E-state index in [1.54, 1.807) is 0 Å². The predicted molar refractivity (Wildman–Crippen MR) is 86.4 cm³/mol. The Hall–Kier alpha value is -0.160. The van der Waals surface area contributed by atoms with E-state index in [1.807, 2.05) is 0 Å². The third-order valence-electron chi connectivity index (χ3n) is 5.74. The van der Waals surface area contributed by atoms with Crippen molar-refractivity contribution in [2.24, 2.45) is 5.73 Å². The minimum atomic E-state index is -0.0913. The maximum atomic E-state index is 6.37. The van der Waals surface area contributed by atoms with Crippen molar-refractivity contribution in [3.63, 3.8) is 0 Å². The Morgan fingerprint density at radius 3 is 2.33 bits per heavy atom. The summed E-state index contributed by atoms with van der Waals surface area (Å²) in [5.41, 5.74) is 6.36. The molecule has 3 aliphatic heterocycles. The number of fused-ring (bicyclic) bond motifs is 1. The van der Waals surface area contributed by atoms with Gasteiger partial charge in [-0.15, -0.1) is 0 Å². The Kier molecular flexibility index (Phi) is 3.89. The highest BCUT2D eigenvalue weighted by molar-refractivity contribution is 5.11. The highest BCUT2D eigenvalue weighted by atomic mass is 16.5. The molecular weight excluding hydrogens is 262 g/mol. The van der Waals surface area contributed by atoms with E-state index in [2.05, 4.69) is 37.5 Å². The molecule has 3 heterocycles. The van der Waals surface area contributed by atoms with Crippen LogP contribution in [0.3, 0.4) is 0 Å². The first-order chi connectivity index (χ1) is 9.78. The number of morpholine rings is 1. The van der Waals surface area contributed by atoms with Crippen molar-refractivity contribution >= 4 is 0 Å². The second kappa shape index (κ2) is 5.19. The molecule has 0 radical (unpaired) electrons. The van der Waals surface area contributed by atoms with Gasteiger partial charge in [0.05, 0.1) is 16.7 Å². The quantitative estimate of drug-likeness (QED) is 0.844. The third-order valence-corrected chi connectivity index (χ3v) is 5.74. The van der Waals surface area contributed by atoms with Crippen LogP contribution in [0.4, 0.5) is 0 Å². The number of rotatable bonds is 2. The van der Waals surface area contributed by atoms with Crippen molar-refractivity contribution in [3.05, 3.63) is 0 Å². The molecule has 0 saturated carbocycles. The van der Waals surface area contributed by atoms with Gasteiger partial charge in [-0.3, -0.25) is 9.80 Å². The Morgan fingerprint density at radius 1 is 1.05 bits per heavy atom. The van der Waals surface area contributed by atoms with Crippen molar-refractivity contribution in [2.45, 2.75) is 76.2 Å². The summed E-state index contributed by atoms with van der Waals surface area (Å²) in [4.78, 5) is 5.39. The van der Waals surface area contributed by atoms with Crippen LogP contribution in [0.2, 0.25) is 0 Å². The molecule has 0 aromatic rings. The molecule has 2 N–H and O–H groups in total. The molecule has 21 heavy (non-hydrogen) atoms. The summed E-state index contributed by atoms with van der Waals surface area (Å²) >= 11 is 0. The molecular formula is C17H33N3O. The van der Waals surface area contributed by atoms with E-state index in [1.165, 1.54) is 38.8 Å². The Labute approximate surface area is 130 Å². The molecule has 2 unspecified atom stereocenters. The van der Waals surface area contributed by atoms with Gasteiger partial charge in [-0.25, -0.2) is 0 Å². The van der Waals surface area contributed by atoms with Crippen LogP contribution in [0, 0.1) is 0 Å². The molecule has 122 valence electrons. The van der Waals surface area contributed by atoms with Crippen LogP contribution < -0.4 is 5.73 Å². The summed E-state index contributed by atoms with van der Waals surface area (Å²) in [6.07, 6.45) is 5.26. The lowest BCUT2D eigenvalue weighted by molar-refractivity contribution is -0.202. The second-order valence-corrected chi connectivity index (χ2v) is 8.58. The van der Waals surface area contributed by atoms with E-state index in [4.69, 9.17) is 10.5 Å². The van der Waals surface area contributed by atoms with Crippen LogP contribution in [0.5, 0.6) is 0 Å². The fourth-order valence-corrected chi connectivity index (χ4v) is 5.21. The van der Waals surface area contributed by atoms with E-state index in [9.17, 15) is 0 Å². The molecule has 0 aromatic heterocycles. The van der Waals surface area contributed by atoms with Gasteiger partial charge in [0.1, 0.15) is 0 Å². The standard InChI is InChI=1S/C17H33N3O/c1-15(2)12-20(13-16(3,4)21-15)17(11-18)8-10-19-9-6-5-7-14(17)19/h14H,5-13,18H2,1-4H3. The number of nitrogens with zero attached hydrogens (tertiary/aromatic N) is 2. The fourth-order valence-electron chi connectivity index (χ4n) is 5.21. The lowest BCUT2D eigenvalue weighted by atomic mass is 9.81. The molecule has 0 spiro atoms. The predicted octanol–water partition coefficient (Wildman–Crippen LogP) is 1.83. The zero-order valence-electron chi connectivity index (χ0n) is 14.3. The van der Waals surface area contributed by atoms with Crippen LogP contribution in [0.25, 0.3) is 0 Å². The molecule has 3 saturated heterocycles. The van der Waals surface area contributed by atoms with Crippen molar-refractivity contribution in [1.82, 2.24) is 9.80 Å². The van der Waals surface area contributed by atoms with Gasteiger partial charge in [-0.1, -0.05) is 6.42 Å². The van der Waals surface area contributed by atoms with Crippen molar-refractivity contribution in [1.29, 1.82) is 0 Å². The van der Waals surface area contributed by atoms with Gasteiger partial charge in [0, 0.05) is 32.2 Å². The van der Waals surface area contributed by atoms with E-state index in [-0.39, 0.29) is 16.7 Å². The lowest BCUT2D eigenvalue weighted by Crippen LogP contribution is -2.69. The van der Waals surface area contributed by atoms with E-state index < -0.39 is 0 Å². The van der Waals surface area contributed by atoms with E-state index in [0.29, 0.717) is 6.04 Å². The van der Waals surface area contributed by atoms with Crippen molar-refractivity contribution in [3.8, 4) is 0 Å². The van der Waals surface area contributed by atoms with Crippen molar-refractivity contribution in [2.75, 3.05) is 32.7 Å². The molecule has 0 aromatic carbocycles. The summed E-state index contributed by atoms with van der Waals surface area (Å²) in [6.45, 7) is 14.1. The number of piperidine rings is 1. The Morgan fingerprint density at radius 2 is 1.71 bits per heavy atom. The maximum absolute atomic E-state index is 6.37. The normalized spacial score (nSPS) is 40.1. The number of hydrogen-bond donors (Lipinski definition) is 1. The lowest BCUT2D eigenvalue weighted by Gasteiger charge is -2.56. The van der Waals surface area contributed by atoms with Crippen LogP contribution in [0.15, 0.2) is 0 Å². The van der Waals surface area contributed by atoms with Crippen LogP contribution in [0.1, 0.15) is 53.4 Å². The largest absolute Gasteiger partial charge is 0.367 e. The number of ether oxygens (including phenoxy) is 1. The summed E-state index contributed by atoms with van der Waals surface area (Å²) < 4.78 is 6.28. The van der Waals surface area contributed by atoms with E-state index in [0.717, 1.165) is 19.6 Å². The highest BCUT2D eigenvalue weighted by Gasteiger charge is 2.54. The molecule has 4 heteroatoms. The van der Waals surface area contributed by atoms with Gasteiger partial charge in [0.2, 0.25) is 0 Å². The van der Waals surface area contributed by atoms with Gasteiger partial charge in [0.25, 0.3) is 0 Å². The van der Waals surface area contributed by atoms with Crippen LogP contribution >= 0.6 is 0 Å². The molecule has 0 amide bonds. The van der Waals surface area contributed by atoms with Gasteiger partial charge in [-0.05, 0) is 53.5 Å². The minimum Gasteiger partial charge on any atom is -0.367 e. The summed E-state index contributed by atoms with van der Waals surface area (Å²) in [7, 11) is 0. The monoisotopic (exact) mass is 295 g/mol. The first-order valence-corrected chi connectivity index (χ1v) is 8.67. The summed E-state index contributed by atoms with van der Waals surface area (Å²) in [5, 5.41) is 0. The maximum Gasteiger partial charge on any atom is 0.0761 e. The minimum absolute atomic E-state index is 0.0913. The number of hydrogen-bond acceptors (Lipinski definition) is 4.